The molecule has 0 radical (unpaired) electrons. The number of carboxylic acids is 1. The molecule has 0 atom stereocenters. The molecule has 0 aromatic heterocycles. The molecule has 132 valence electrons. The quantitative estimate of drug-likeness (QED) is 0.822. The molecule has 3 N–H and O–H groups in total. The van der Waals surface area contributed by atoms with Gasteiger partial charge in [0.05, 0.1) is 12.1 Å². The van der Waals surface area contributed by atoms with Crippen molar-refractivity contribution in [3.8, 4) is 0 Å². The summed E-state index contributed by atoms with van der Waals surface area (Å²) in [5.74, 6) is -1.11. The Hall–Kier alpha value is -3.02. The minimum absolute atomic E-state index is 0.00685. The maximum Gasteiger partial charge on any atom is 0.415 e. The molecule has 0 aliphatic carbocycles. The third-order valence-electron chi connectivity index (χ3n) is 3.37. The van der Waals surface area contributed by atoms with Crippen LogP contribution in [-0.2, 0) is 11.3 Å². The van der Waals surface area contributed by atoms with Crippen LogP contribution >= 0.6 is 0 Å². The predicted molar refractivity (Wildman–Crippen MR) is 96.7 cm³/mol. The summed E-state index contributed by atoms with van der Waals surface area (Å²) in [6.45, 7) is 5.63. The topological polar surface area (TPSA) is 92.9 Å². The van der Waals surface area contributed by atoms with E-state index in [4.69, 9.17) is 15.6 Å². The molecule has 2 rings (SSSR count). The van der Waals surface area contributed by atoms with Gasteiger partial charge in [0.1, 0.15) is 5.60 Å². The highest BCUT2D eigenvalue weighted by molar-refractivity contribution is 5.96. The Balaban J connectivity index is 2.38. The number of nitrogen functional groups attached to an aromatic ring is 1. The molecule has 0 aliphatic rings. The van der Waals surface area contributed by atoms with Crippen LogP contribution in [0, 0.1) is 0 Å². The van der Waals surface area contributed by atoms with Crippen molar-refractivity contribution in [1.82, 2.24) is 0 Å². The van der Waals surface area contributed by atoms with E-state index in [1.807, 2.05) is 30.3 Å². The molecule has 0 saturated heterocycles. The summed E-state index contributed by atoms with van der Waals surface area (Å²) in [4.78, 5) is 25.2. The van der Waals surface area contributed by atoms with E-state index in [2.05, 4.69) is 0 Å². The van der Waals surface area contributed by atoms with Gasteiger partial charge < -0.3 is 15.6 Å². The SMILES string of the molecule is CC(C)(C)OC(=O)N(Cc1ccccc1)c1ccc(C(=O)O)c(N)c1. The van der Waals surface area contributed by atoms with Gasteiger partial charge in [-0.1, -0.05) is 30.3 Å². The smallest absolute Gasteiger partial charge is 0.415 e. The highest BCUT2D eigenvalue weighted by Gasteiger charge is 2.24. The van der Waals surface area contributed by atoms with Crippen LogP contribution in [0.25, 0.3) is 0 Å². The van der Waals surface area contributed by atoms with Crippen LogP contribution < -0.4 is 10.6 Å². The largest absolute Gasteiger partial charge is 0.478 e. The van der Waals surface area contributed by atoms with Crippen LogP contribution in [0.5, 0.6) is 0 Å². The minimum Gasteiger partial charge on any atom is -0.478 e. The third-order valence-corrected chi connectivity index (χ3v) is 3.37. The van der Waals surface area contributed by atoms with E-state index >= 15 is 0 Å². The lowest BCUT2D eigenvalue weighted by Gasteiger charge is -2.28. The molecule has 6 heteroatoms. The van der Waals surface area contributed by atoms with Crippen molar-refractivity contribution in [2.75, 3.05) is 10.6 Å². The van der Waals surface area contributed by atoms with Crippen molar-refractivity contribution in [2.45, 2.75) is 32.9 Å². The number of carbonyl (C=O) groups is 2. The first kappa shape index (κ1) is 18.3. The Kier molecular flexibility index (Phi) is 5.32. The molecule has 0 spiro atoms. The lowest BCUT2D eigenvalue weighted by Crippen LogP contribution is -2.36. The number of nitrogens with two attached hydrogens (primary N) is 1. The first-order valence-corrected chi connectivity index (χ1v) is 7.84. The predicted octanol–water partition coefficient (Wildman–Crippen LogP) is 3.91. The molecule has 0 unspecified atom stereocenters. The molecule has 0 heterocycles. The van der Waals surface area contributed by atoms with Crippen LogP contribution in [-0.4, -0.2) is 22.8 Å². The zero-order valence-electron chi connectivity index (χ0n) is 14.5. The summed E-state index contributed by atoms with van der Waals surface area (Å²) in [7, 11) is 0. The fraction of sp³-hybridized carbons (Fsp3) is 0.263. The van der Waals surface area contributed by atoms with Gasteiger partial charge in [0.15, 0.2) is 0 Å². The molecule has 2 aromatic carbocycles. The highest BCUT2D eigenvalue weighted by atomic mass is 16.6. The van der Waals surface area contributed by atoms with Crippen molar-refractivity contribution in [3.05, 3.63) is 59.7 Å². The van der Waals surface area contributed by atoms with E-state index in [0.717, 1.165) is 5.56 Å². The zero-order chi connectivity index (χ0) is 18.6. The molecule has 0 bridgehead atoms. The number of aromatic carboxylic acids is 1. The van der Waals surface area contributed by atoms with Crippen LogP contribution in [0.2, 0.25) is 0 Å². The van der Waals surface area contributed by atoms with Gasteiger partial charge >= 0.3 is 12.1 Å². The average molecular weight is 342 g/mol. The Labute approximate surface area is 146 Å². The zero-order valence-corrected chi connectivity index (χ0v) is 14.5. The van der Waals surface area contributed by atoms with E-state index in [1.165, 1.54) is 17.0 Å². The van der Waals surface area contributed by atoms with Crippen molar-refractivity contribution < 1.29 is 19.4 Å². The van der Waals surface area contributed by atoms with E-state index in [1.54, 1.807) is 26.8 Å². The number of hydrogen-bond donors (Lipinski definition) is 2. The summed E-state index contributed by atoms with van der Waals surface area (Å²) in [5, 5.41) is 9.11. The second-order valence-corrected chi connectivity index (χ2v) is 6.63. The number of anilines is 2. The molecule has 6 nitrogen and oxygen atoms in total. The Bertz CT molecular complexity index is 767. The van der Waals surface area contributed by atoms with Gasteiger partial charge in [-0.25, -0.2) is 9.59 Å². The molecular formula is C19H22N2O4. The Morgan fingerprint density at radius 1 is 1.12 bits per heavy atom. The molecule has 25 heavy (non-hydrogen) atoms. The van der Waals surface area contributed by atoms with Crippen LogP contribution in [0.3, 0.4) is 0 Å². The summed E-state index contributed by atoms with van der Waals surface area (Å²) < 4.78 is 5.47. The second kappa shape index (κ2) is 7.25. The molecular weight excluding hydrogens is 320 g/mol. The standard InChI is InChI=1S/C19H22N2O4/c1-19(2,3)25-18(24)21(12-13-7-5-4-6-8-13)14-9-10-15(17(22)23)16(20)11-14/h4-11H,12,20H2,1-3H3,(H,22,23). The van der Waals surface area contributed by atoms with E-state index < -0.39 is 17.7 Å². The van der Waals surface area contributed by atoms with Gasteiger partial charge in [0.2, 0.25) is 0 Å². The molecule has 2 aromatic rings. The Morgan fingerprint density at radius 3 is 2.28 bits per heavy atom. The third kappa shape index (κ3) is 4.97. The summed E-state index contributed by atoms with van der Waals surface area (Å²) in [6, 6.07) is 13.8. The van der Waals surface area contributed by atoms with Crippen molar-refractivity contribution in [1.29, 1.82) is 0 Å². The minimum atomic E-state index is -1.11. The van der Waals surface area contributed by atoms with Crippen molar-refractivity contribution in [2.24, 2.45) is 0 Å². The van der Waals surface area contributed by atoms with E-state index in [9.17, 15) is 9.59 Å². The van der Waals surface area contributed by atoms with Crippen LogP contribution in [0.1, 0.15) is 36.7 Å². The Morgan fingerprint density at radius 2 is 1.76 bits per heavy atom. The number of rotatable bonds is 4. The van der Waals surface area contributed by atoms with Gasteiger partial charge in [-0.2, -0.15) is 0 Å². The van der Waals surface area contributed by atoms with E-state index in [-0.39, 0.29) is 17.8 Å². The maximum atomic E-state index is 12.6. The molecule has 0 saturated carbocycles. The van der Waals surface area contributed by atoms with Crippen LogP contribution in [0.15, 0.2) is 48.5 Å². The van der Waals surface area contributed by atoms with Gasteiger partial charge in [-0.3, -0.25) is 4.90 Å². The molecule has 0 fully saturated rings. The summed E-state index contributed by atoms with van der Waals surface area (Å²) >= 11 is 0. The van der Waals surface area contributed by atoms with Gasteiger partial charge in [0.25, 0.3) is 0 Å². The average Bonchev–Trinajstić information content (AvgIpc) is 2.51. The van der Waals surface area contributed by atoms with Gasteiger partial charge in [-0.05, 0) is 44.5 Å². The van der Waals surface area contributed by atoms with Gasteiger partial charge in [-0.15, -0.1) is 0 Å². The number of ether oxygens (including phenoxy) is 1. The normalized spacial score (nSPS) is 11.0. The monoisotopic (exact) mass is 342 g/mol. The number of carbonyl (C=O) groups excluding carboxylic acids is 1. The fourth-order valence-electron chi connectivity index (χ4n) is 2.26. The summed E-state index contributed by atoms with van der Waals surface area (Å²) in [6.07, 6.45) is -0.529. The first-order valence-electron chi connectivity index (χ1n) is 7.84. The molecule has 0 aliphatic heterocycles. The maximum absolute atomic E-state index is 12.6. The lowest BCUT2D eigenvalue weighted by molar-refractivity contribution is 0.0577. The number of nitrogens with zero attached hydrogens (tertiary/aromatic N) is 1. The highest BCUT2D eigenvalue weighted by Crippen LogP contribution is 2.25. The second-order valence-electron chi connectivity index (χ2n) is 6.63. The molecule has 1 amide bonds. The van der Waals surface area contributed by atoms with E-state index in [0.29, 0.717) is 5.69 Å². The van der Waals surface area contributed by atoms with Crippen LogP contribution in [0.4, 0.5) is 16.2 Å². The fourth-order valence-corrected chi connectivity index (χ4v) is 2.26. The number of benzene rings is 2. The number of hydrogen-bond acceptors (Lipinski definition) is 4. The number of amides is 1. The van der Waals surface area contributed by atoms with Crippen molar-refractivity contribution >= 4 is 23.4 Å². The lowest BCUT2D eigenvalue weighted by atomic mass is 10.1. The number of carboxylic acid groups (broad SMARTS) is 1. The van der Waals surface area contributed by atoms with Crippen molar-refractivity contribution in [3.63, 3.8) is 0 Å². The summed E-state index contributed by atoms with van der Waals surface area (Å²) in [5.41, 5.74) is 6.63. The van der Waals surface area contributed by atoms with Gasteiger partial charge in [0, 0.05) is 11.4 Å². The first-order chi connectivity index (χ1) is 11.7.